The van der Waals surface area contributed by atoms with Crippen molar-refractivity contribution in [3.05, 3.63) is 100 Å². The van der Waals surface area contributed by atoms with Gasteiger partial charge in [0.1, 0.15) is 5.75 Å². The van der Waals surface area contributed by atoms with E-state index in [1.54, 1.807) is 43.1 Å². The van der Waals surface area contributed by atoms with Crippen molar-refractivity contribution in [2.75, 3.05) is 7.11 Å². The van der Waals surface area contributed by atoms with E-state index in [4.69, 9.17) is 16.3 Å². The second kappa shape index (κ2) is 10.8. The molecule has 4 aromatic rings. The van der Waals surface area contributed by atoms with Crippen LogP contribution >= 0.6 is 23.4 Å². The third-order valence-corrected chi connectivity index (χ3v) is 7.00. The summed E-state index contributed by atoms with van der Waals surface area (Å²) in [6, 6.07) is 23.0. The highest BCUT2D eigenvalue weighted by atomic mass is 35.5. The van der Waals surface area contributed by atoms with E-state index in [1.807, 2.05) is 47.9 Å². The fourth-order valence-corrected chi connectivity index (χ4v) is 4.70. The minimum Gasteiger partial charge on any atom is -0.497 e. The van der Waals surface area contributed by atoms with Gasteiger partial charge in [0.2, 0.25) is 0 Å². The molecule has 6 nitrogen and oxygen atoms in total. The van der Waals surface area contributed by atoms with E-state index in [0.717, 1.165) is 16.4 Å². The highest BCUT2D eigenvalue weighted by Crippen LogP contribution is 2.36. The largest absolute Gasteiger partial charge is 0.497 e. The van der Waals surface area contributed by atoms with Crippen LogP contribution in [0.2, 0.25) is 5.02 Å². The summed E-state index contributed by atoms with van der Waals surface area (Å²) in [6.45, 7) is 4.31. The second-order valence-corrected chi connectivity index (χ2v) is 9.42. The summed E-state index contributed by atoms with van der Waals surface area (Å²) in [5, 5.41) is 13.4. The topological polar surface area (TPSA) is 69.0 Å². The van der Waals surface area contributed by atoms with Crippen LogP contribution in [0.1, 0.15) is 39.5 Å². The number of halogens is 1. The van der Waals surface area contributed by atoms with Gasteiger partial charge >= 0.3 is 0 Å². The normalized spacial score (nSPS) is 11.8. The molecule has 0 radical (unpaired) electrons. The second-order valence-electron chi connectivity index (χ2n) is 7.70. The molecule has 0 aliphatic rings. The van der Waals surface area contributed by atoms with Crippen LogP contribution in [-0.4, -0.2) is 27.8 Å². The lowest BCUT2D eigenvalue weighted by molar-refractivity contribution is 0.0949. The molecule has 34 heavy (non-hydrogen) atoms. The van der Waals surface area contributed by atoms with E-state index in [2.05, 4.69) is 34.6 Å². The quantitative estimate of drug-likeness (QED) is 0.304. The average Bonchev–Trinajstić information content (AvgIpc) is 3.26. The molecule has 0 aliphatic heterocycles. The van der Waals surface area contributed by atoms with Crippen molar-refractivity contribution in [1.82, 2.24) is 20.1 Å². The van der Waals surface area contributed by atoms with Crippen LogP contribution < -0.4 is 10.1 Å². The summed E-state index contributed by atoms with van der Waals surface area (Å²) in [5.74, 6) is 1.11. The number of hydrogen-bond acceptors (Lipinski definition) is 5. The first kappa shape index (κ1) is 23.9. The van der Waals surface area contributed by atoms with Gasteiger partial charge in [-0.2, -0.15) is 0 Å². The first-order chi connectivity index (χ1) is 16.5. The van der Waals surface area contributed by atoms with E-state index < -0.39 is 0 Å². The first-order valence-corrected chi connectivity index (χ1v) is 12.1. The van der Waals surface area contributed by atoms with Crippen molar-refractivity contribution in [3.8, 4) is 11.4 Å². The zero-order chi connectivity index (χ0) is 24.1. The average molecular weight is 493 g/mol. The first-order valence-electron chi connectivity index (χ1n) is 10.8. The van der Waals surface area contributed by atoms with Crippen LogP contribution in [-0.2, 0) is 6.54 Å². The Morgan fingerprint density at radius 3 is 2.50 bits per heavy atom. The summed E-state index contributed by atoms with van der Waals surface area (Å²) >= 11 is 8.04. The highest BCUT2D eigenvalue weighted by molar-refractivity contribution is 7.99. The maximum Gasteiger partial charge on any atom is 0.251 e. The van der Waals surface area contributed by atoms with Gasteiger partial charge in [-0.1, -0.05) is 59.8 Å². The van der Waals surface area contributed by atoms with Gasteiger partial charge in [-0.3, -0.25) is 9.36 Å². The molecule has 174 valence electrons. The molecule has 4 rings (SSSR count). The van der Waals surface area contributed by atoms with Gasteiger partial charge in [0.25, 0.3) is 5.91 Å². The van der Waals surface area contributed by atoms with E-state index >= 15 is 0 Å². The molecule has 1 atom stereocenters. The van der Waals surface area contributed by atoms with Crippen molar-refractivity contribution < 1.29 is 9.53 Å². The minimum atomic E-state index is -0.202. The maximum atomic E-state index is 12.7. The summed E-state index contributed by atoms with van der Waals surface area (Å²) in [4.78, 5) is 12.7. The molecule has 1 amide bonds. The molecular formula is C26H25ClN4O2S. The smallest absolute Gasteiger partial charge is 0.251 e. The van der Waals surface area contributed by atoms with Gasteiger partial charge in [0, 0.05) is 15.8 Å². The molecule has 1 N–H and O–H groups in total. The third kappa shape index (κ3) is 5.26. The van der Waals surface area contributed by atoms with Crippen LogP contribution in [0.15, 0.2) is 78.0 Å². The lowest BCUT2D eigenvalue weighted by Crippen LogP contribution is -2.24. The van der Waals surface area contributed by atoms with Crippen molar-refractivity contribution in [1.29, 1.82) is 0 Å². The minimum absolute atomic E-state index is 0.158. The number of carbonyl (C=O) groups excluding carboxylic acids is 1. The lowest BCUT2D eigenvalue weighted by atomic mass is 10.2. The number of benzene rings is 3. The Kier molecular flexibility index (Phi) is 7.55. The molecule has 3 aromatic carbocycles. The van der Waals surface area contributed by atoms with E-state index in [1.165, 1.54) is 5.56 Å². The monoisotopic (exact) mass is 492 g/mol. The van der Waals surface area contributed by atoms with E-state index in [-0.39, 0.29) is 17.7 Å². The Morgan fingerprint density at radius 1 is 1.06 bits per heavy atom. The van der Waals surface area contributed by atoms with Gasteiger partial charge < -0.3 is 10.1 Å². The molecule has 0 saturated carbocycles. The standard InChI is InChI=1S/C26H25ClN4O2S/c1-17-22(27)10-7-11-23(17)31-24(16-28-25(32)20-12-14-21(33-3)15-13-20)29-30-26(31)34-18(2)19-8-5-4-6-9-19/h4-15,18H,16H2,1-3H3,(H,28,32). The molecule has 0 bridgehead atoms. The molecule has 0 fully saturated rings. The summed E-state index contributed by atoms with van der Waals surface area (Å²) in [6.07, 6.45) is 0. The van der Waals surface area contributed by atoms with Gasteiger partial charge in [-0.25, -0.2) is 0 Å². The van der Waals surface area contributed by atoms with Crippen LogP contribution in [0.25, 0.3) is 5.69 Å². The number of ether oxygens (including phenoxy) is 1. The molecule has 8 heteroatoms. The van der Waals surface area contributed by atoms with Crippen LogP contribution in [0, 0.1) is 6.92 Å². The SMILES string of the molecule is COc1ccc(C(=O)NCc2nnc(SC(C)c3ccccc3)n2-c2cccc(Cl)c2C)cc1. The third-order valence-electron chi connectivity index (χ3n) is 5.49. The van der Waals surface area contributed by atoms with Crippen molar-refractivity contribution in [3.63, 3.8) is 0 Å². The number of carbonyl (C=O) groups is 1. The number of aromatic nitrogens is 3. The zero-order valence-corrected chi connectivity index (χ0v) is 20.7. The van der Waals surface area contributed by atoms with Crippen LogP contribution in [0.3, 0.4) is 0 Å². The number of methoxy groups -OCH3 is 1. The number of nitrogens with one attached hydrogen (secondary N) is 1. The molecule has 1 aromatic heterocycles. The highest BCUT2D eigenvalue weighted by Gasteiger charge is 2.20. The number of thioether (sulfide) groups is 1. The summed E-state index contributed by atoms with van der Waals surface area (Å²) < 4.78 is 7.14. The Labute approximate surface area is 208 Å². The summed E-state index contributed by atoms with van der Waals surface area (Å²) in [7, 11) is 1.59. The fourth-order valence-electron chi connectivity index (χ4n) is 3.53. The van der Waals surface area contributed by atoms with Crippen LogP contribution in [0.4, 0.5) is 0 Å². The molecular weight excluding hydrogens is 468 g/mol. The predicted molar refractivity (Wildman–Crippen MR) is 136 cm³/mol. The van der Waals surface area contributed by atoms with Gasteiger partial charge in [0.05, 0.1) is 19.3 Å². The Morgan fingerprint density at radius 2 is 1.79 bits per heavy atom. The number of nitrogens with zero attached hydrogens (tertiary/aromatic N) is 3. The van der Waals surface area contributed by atoms with Gasteiger partial charge in [-0.15, -0.1) is 10.2 Å². The number of rotatable bonds is 8. The molecule has 0 spiro atoms. The summed E-state index contributed by atoms with van der Waals surface area (Å²) in [5.41, 5.74) is 3.53. The van der Waals surface area contributed by atoms with E-state index in [0.29, 0.717) is 22.2 Å². The predicted octanol–water partition coefficient (Wildman–Crippen LogP) is 6.02. The molecule has 1 heterocycles. The lowest BCUT2D eigenvalue weighted by Gasteiger charge is -2.16. The molecule has 0 aliphatic carbocycles. The van der Waals surface area contributed by atoms with Gasteiger partial charge in [0.15, 0.2) is 11.0 Å². The number of amides is 1. The zero-order valence-electron chi connectivity index (χ0n) is 19.2. The number of hydrogen-bond donors (Lipinski definition) is 1. The van der Waals surface area contributed by atoms with Crippen molar-refractivity contribution in [2.45, 2.75) is 30.8 Å². The van der Waals surface area contributed by atoms with Crippen molar-refractivity contribution in [2.24, 2.45) is 0 Å². The maximum absolute atomic E-state index is 12.7. The van der Waals surface area contributed by atoms with Crippen LogP contribution in [0.5, 0.6) is 5.75 Å². The molecule has 1 unspecified atom stereocenters. The Hall–Kier alpha value is -3.29. The van der Waals surface area contributed by atoms with E-state index in [9.17, 15) is 4.79 Å². The van der Waals surface area contributed by atoms with Gasteiger partial charge in [-0.05, 0) is 61.4 Å². The Bertz CT molecular complexity index is 1280. The Balaban J connectivity index is 1.62. The van der Waals surface area contributed by atoms with Crippen molar-refractivity contribution >= 4 is 29.3 Å². The fraction of sp³-hybridized carbons (Fsp3) is 0.192. The molecule has 0 saturated heterocycles.